The van der Waals surface area contributed by atoms with Crippen molar-refractivity contribution >= 4 is 39.2 Å². The van der Waals surface area contributed by atoms with E-state index in [9.17, 15) is 0 Å². The summed E-state index contributed by atoms with van der Waals surface area (Å²) >= 11 is 0. The van der Waals surface area contributed by atoms with Crippen LogP contribution in [0.2, 0.25) is 24.2 Å². The van der Waals surface area contributed by atoms with E-state index in [1.807, 2.05) is 21.6 Å². The van der Waals surface area contributed by atoms with Crippen molar-refractivity contribution in [3.8, 4) is 0 Å². The largest absolute Gasteiger partial charge is 0.381 e. The predicted molar refractivity (Wildman–Crippen MR) is 112 cm³/mol. The third kappa shape index (κ3) is 9.37. The van der Waals surface area contributed by atoms with E-state index in [0.717, 1.165) is 13.2 Å². The van der Waals surface area contributed by atoms with Gasteiger partial charge in [-0.15, -0.1) is 0 Å². The molecule has 22 heavy (non-hydrogen) atoms. The topological polar surface area (TPSA) is 18.5 Å². The van der Waals surface area contributed by atoms with Gasteiger partial charge in [-0.05, 0) is 13.8 Å². The van der Waals surface area contributed by atoms with Crippen LogP contribution in [0.1, 0.15) is 41.5 Å². The molecule has 0 spiro atoms. The van der Waals surface area contributed by atoms with Crippen LogP contribution < -0.4 is 0 Å². The molecule has 6 heteroatoms. The zero-order valence-corrected chi connectivity index (χ0v) is 19.5. The minimum absolute atomic E-state index is 0.549. The maximum Gasteiger partial charge on any atom is 0.0723 e. The fourth-order valence-electron chi connectivity index (χ4n) is 2.93. The van der Waals surface area contributed by atoms with Gasteiger partial charge in [-0.25, -0.2) is 0 Å². The molecule has 0 amide bonds. The second kappa shape index (κ2) is 15.6. The summed E-state index contributed by atoms with van der Waals surface area (Å²) in [6.45, 7) is 15.4. The van der Waals surface area contributed by atoms with Crippen LogP contribution in [0.3, 0.4) is 0 Å². The van der Waals surface area contributed by atoms with Gasteiger partial charge >= 0.3 is 0 Å². The van der Waals surface area contributed by atoms with Crippen molar-refractivity contribution in [1.82, 2.24) is 0 Å². The van der Waals surface area contributed by atoms with Gasteiger partial charge in [-0.2, -0.15) is 0 Å². The van der Waals surface area contributed by atoms with Gasteiger partial charge in [0.15, 0.2) is 0 Å². The number of rotatable bonds is 15. The molecule has 0 aromatic carbocycles. The number of hydrogen-bond acceptors (Lipinski definition) is 4. The Balaban J connectivity index is 4.22. The van der Waals surface area contributed by atoms with Crippen molar-refractivity contribution in [3.05, 3.63) is 0 Å². The van der Waals surface area contributed by atoms with Crippen LogP contribution in [0, 0.1) is 0 Å². The first-order chi connectivity index (χ1) is 10.7. The molecule has 0 aliphatic carbocycles. The van der Waals surface area contributed by atoms with E-state index in [1.54, 1.807) is 0 Å². The van der Waals surface area contributed by atoms with E-state index in [0.29, 0.717) is 11.5 Å². The molecule has 0 aliphatic heterocycles. The van der Waals surface area contributed by atoms with E-state index in [-0.39, 0.29) is 0 Å². The average molecular weight is 383 g/mol. The van der Waals surface area contributed by atoms with Crippen LogP contribution >= 0.6 is 21.6 Å². The van der Waals surface area contributed by atoms with Crippen molar-refractivity contribution in [3.63, 3.8) is 0 Å². The highest BCUT2D eigenvalue weighted by atomic mass is 33.1. The van der Waals surface area contributed by atoms with Crippen LogP contribution in [0.5, 0.6) is 0 Å². The minimum atomic E-state index is -0.716. The fourth-order valence-corrected chi connectivity index (χ4v) is 12.7. The average Bonchev–Trinajstić information content (AvgIpc) is 2.53. The van der Waals surface area contributed by atoms with Gasteiger partial charge in [0.25, 0.3) is 0 Å². The highest BCUT2D eigenvalue weighted by molar-refractivity contribution is 8.76. The number of ether oxygens (including phenoxy) is 2. The van der Waals surface area contributed by atoms with Crippen LogP contribution in [-0.4, -0.2) is 53.8 Å². The summed E-state index contributed by atoms with van der Waals surface area (Å²) in [7, 11) is 2.61. The lowest BCUT2D eigenvalue weighted by Crippen LogP contribution is -2.35. The zero-order valence-electron chi connectivity index (χ0n) is 15.6. The summed E-state index contributed by atoms with van der Waals surface area (Å²) in [6, 6.07) is 5.42. The molecule has 0 heterocycles. The Labute approximate surface area is 150 Å². The summed E-state index contributed by atoms with van der Waals surface area (Å²) in [5.41, 5.74) is 1.10. The molecular formula is C16H38O2S2Si2. The Kier molecular flexibility index (Phi) is 16.3. The lowest BCUT2D eigenvalue weighted by Gasteiger charge is -2.25. The smallest absolute Gasteiger partial charge is 0.0723 e. The molecule has 0 aromatic rings. The zero-order chi connectivity index (χ0) is 16.8. The van der Waals surface area contributed by atoms with Crippen LogP contribution in [0.25, 0.3) is 0 Å². The van der Waals surface area contributed by atoms with E-state index in [1.165, 1.54) is 35.7 Å². The standard InChI is InChI=1S/C16H38O2S2Si2/c1-7-17-15(21(9-3)10-4)13-19-20-14-16(18-8-2)22(11-5)12-6/h15-16,21-22H,7-14H2,1-6H3. The van der Waals surface area contributed by atoms with E-state index in [4.69, 9.17) is 9.47 Å². The maximum atomic E-state index is 6.04. The first-order valence-electron chi connectivity index (χ1n) is 9.15. The first-order valence-corrected chi connectivity index (χ1v) is 16.2. The Morgan fingerprint density at radius 1 is 0.636 bits per heavy atom. The summed E-state index contributed by atoms with van der Waals surface area (Å²) < 4.78 is 12.1. The third-order valence-electron chi connectivity index (χ3n) is 4.46. The molecule has 0 saturated carbocycles. The van der Waals surface area contributed by atoms with E-state index in [2.05, 4.69) is 41.5 Å². The van der Waals surface area contributed by atoms with Crippen molar-refractivity contribution in [2.24, 2.45) is 0 Å². The molecule has 0 aliphatic rings. The highest BCUT2D eigenvalue weighted by Gasteiger charge is 2.23. The van der Waals surface area contributed by atoms with Crippen molar-refractivity contribution in [2.45, 2.75) is 77.2 Å². The second-order valence-corrected chi connectivity index (χ2v) is 16.1. The summed E-state index contributed by atoms with van der Waals surface area (Å²) in [5, 5.41) is 0. The Bertz CT molecular complexity index is 216. The lowest BCUT2D eigenvalue weighted by atomic mass is 10.8. The Morgan fingerprint density at radius 3 is 1.18 bits per heavy atom. The van der Waals surface area contributed by atoms with Gasteiger partial charge in [0, 0.05) is 24.7 Å². The SMILES string of the molecule is CCOC(CSSCC(OCC)[SiH](CC)CC)[SiH](CC)CC. The van der Waals surface area contributed by atoms with E-state index < -0.39 is 17.6 Å². The summed E-state index contributed by atoms with van der Waals surface area (Å²) in [4.78, 5) is 0. The van der Waals surface area contributed by atoms with Crippen LogP contribution in [0.4, 0.5) is 0 Å². The lowest BCUT2D eigenvalue weighted by molar-refractivity contribution is 0.128. The van der Waals surface area contributed by atoms with Crippen molar-refractivity contribution in [2.75, 3.05) is 24.7 Å². The van der Waals surface area contributed by atoms with Crippen LogP contribution in [0.15, 0.2) is 0 Å². The van der Waals surface area contributed by atoms with E-state index >= 15 is 0 Å². The molecule has 0 rings (SSSR count). The maximum absolute atomic E-state index is 6.04. The van der Waals surface area contributed by atoms with Gasteiger partial charge in [-0.3, -0.25) is 0 Å². The fraction of sp³-hybridized carbons (Fsp3) is 1.00. The van der Waals surface area contributed by atoms with Gasteiger partial charge < -0.3 is 9.47 Å². The molecule has 134 valence electrons. The molecule has 0 fully saturated rings. The molecule has 0 N–H and O–H groups in total. The van der Waals surface area contributed by atoms with Crippen LogP contribution in [-0.2, 0) is 9.47 Å². The molecule has 0 radical (unpaired) electrons. The third-order valence-corrected chi connectivity index (χ3v) is 14.7. The molecule has 0 aromatic heterocycles. The molecule has 0 bridgehead atoms. The molecule has 2 atom stereocenters. The molecule has 0 saturated heterocycles. The molecule has 2 nitrogen and oxygen atoms in total. The van der Waals surface area contributed by atoms with Gasteiger partial charge in [0.1, 0.15) is 0 Å². The highest BCUT2D eigenvalue weighted by Crippen LogP contribution is 2.27. The van der Waals surface area contributed by atoms with Crippen molar-refractivity contribution in [1.29, 1.82) is 0 Å². The Morgan fingerprint density at radius 2 is 0.955 bits per heavy atom. The predicted octanol–water partition coefficient (Wildman–Crippen LogP) is 4.79. The summed E-state index contributed by atoms with van der Waals surface area (Å²) in [6.07, 6.45) is 0. The quantitative estimate of drug-likeness (QED) is 0.230. The normalized spacial score (nSPS) is 14.7. The van der Waals surface area contributed by atoms with Crippen molar-refractivity contribution < 1.29 is 9.47 Å². The first kappa shape index (κ1) is 23.1. The second-order valence-electron chi connectivity index (χ2n) is 5.71. The summed E-state index contributed by atoms with van der Waals surface area (Å²) in [5.74, 6) is 2.33. The van der Waals surface area contributed by atoms with Gasteiger partial charge in [0.05, 0.1) is 29.0 Å². The molecular weight excluding hydrogens is 344 g/mol. The van der Waals surface area contributed by atoms with Gasteiger partial charge in [0.2, 0.25) is 0 Å². The minimum Gasteiger partial charge on any atom is -0.381 e. The monoisotopic (exact) mass is 382 g/mol. The number of hydrogen-bond donors (Lipinski definition) is 0. The van der Waals surface area contributed by atoms with Gasteiger partial charge in [-0.1, -0.05) is 73.5 Å². The molecule has 2 unspecified atom stereocenters. The Hall–Kier alpha value is 1.05.